The van der Waals surface area contributed by atoms with Crippen LogP contribution in [0.25, 0.3) is 52.0 Å². The molecule has 6 aromatic heterocycles. The normalized spacial score (nSPS) is 16.4. The van der Waals surface area contributed by atoms with E-state index in [1.165, 1.54) is 50.1 Å². The molecule has 0 bridgehead atoms. The third-order valence-corrected chi connectivity index (χ3v) is 9.07. The molecule has 0 spiro atoms. The molecule has 1 aromatic carbocycles. The van der Waals surface area contributed by atoms with E-state index in [0.29, 0.717) is 0 Å². The van der Waals surface area contributed by atoms with Crippen LogP contribution in [0.4, 0.5) is 151 Å². The van der Waals surface area contributed by atoms with Crippen molar-refractivity contribution in [1.82, 2.24) is 0 Å². The molecule has 0 atom stereocenters. The summed E-state index contributed by atoms with van der Waals surface area (Å²) in [7, 11) is -63.9. The molecule has 93 heavy (non-hydrogen) atoms. The van der Waals surface area contributed by atoms with Crippen LogP contribution in [-0.4, -0.2) is 0 Å². The first-order valence-corrected chi connectivity index (χ1v) is 35.3. The molecule has 48 heteroatoms. The number of hydrogen-bond donors (Lipinski definition) is 0. The molecule has 0 saturated heterocycles. The number of hydrogen-bond acceptors (Lipinski definition) is 0. The van der Waals surface area contributed by atoms with Gasteiger partial charge in [-0.2, -0.15) is 13.7 Å². The zero-order chi connectivity index (χ0) is 73.4. The standard InChI is InChI=1S/C45H42N6.6F6P/c1-4-46-19-7-40(8-20-46)43-13-25-49(26-14-43)34-37-31-38(35-50-27-15-44(16-28-50)41-9-21-47(5-2)22-10-41)33-39(32-37)36-51-29-17-45(18-30-51)42-11-23-48(6-3)24-12-42;6*1-7(2,3,4,5)6/h4-33H,1-3,34-36H2;;;;;;/q+6;6*-1. The summed E-state index contributed by atoms with van der Waals surface area (Å²) < 4.78 is 368. The van der Waals surface area contributed by atoms with Crippen molar-refractivity contribution in [3.63, 3.8) is 0 Å². The molecule has 6 nitrogen and oxygen atoms in total. The van der Waals surface area contributed by atoms with Gasteiger partial charge in [-0.25, -0.2) is 13.7 Å². The Morgan fingerprint density at radius 1 is 0.215 bits per heavy atom. The maximum absolute atomic E-state index is 10.7. The number of pyridine rings is 6. The maximum atomic E-state index is 9.87. The van der Waals surface area contributed by atoms with E-state index in [1.807, 2.05) is 50.9 Å². The van der Waals surface area contributed by atoms with Gasteiger partial charge in [0.1, 0.15) is 0 Å². The minimum atomic E-state index is -10.7. The molecule has 0 amide bonds. The van der Waals surface area contributed by atoms with Gasteiger partial charge in [0, 0.05) is 89.5 Å². The predicted octanol–water partition coefficient (Wildman–Crippen LogP) is 26.2. The first kappa shape index (κ1) is 84.4. The van der Waals surface area contributed by atoms with Crippen molar-refractivity contribution in [1.29, 1.82) is 0 Å². The molecule has 0 saturated carbocycles. The number of rotatable bonds is 12. The summed E-state index contributed by atoms with van der Waals surface area (Å²) in [6.45, 7) is 13.8. The van der Waals surface area contributed by atoms with Crippen LogP contribution in [0, 0.1) is 0 Å². The van der Waals surface area contributed by atoms with Crippen molar-refractivity contribution >= 4 is 65.5 Å². The van der Waals surface area contributed by atoms with Crippen LogP contribution in [0.2, 0.25) is 0 Å². The second kappa shape index (κ2) is 23.4. The van der Waals surface area contributed by atoms with E-state index in [4.69, 9.17) is 0 Å². The summed E-state index contributed by atoms with van der Waals surface area (Å²) in [6.07, 6.45) is 30.5. The van der Waals surface area contributed by atoms with E-state index in [-0.39, 0.29) is 0 Å². The van der Waals surface area contributed by atoms with Crippen LogP contribution in [0.15, 0.2) is 185 Å². The number of aromatic nitrogens is 6. The number of halogens is 36. The Hall–Kier alpha value is -6.60. The first-order valence-electron chi connectivity index (χ1n) is 23.1. The van der Waals surface area contributed by atoms with Crippen molar-refractivity contribution in [2.45, 2.75) is 19.6 Å². The van der Waals surface area contributed by atoms with Gasteiger partial charge in [-0.1, -0.05) is 0 Å². The summed E-state index contributed by atoms with van der Waals surface area (Å²) in [5.74, 6) is 0. The number of benzene rings is 1. The molecule has 0 unspecified atom stereocenters. The van der Waals surface area contributed by atoms with Crippen LogP contribution < -0.4 is 27.4 Å². The fraction of sp³-hybridized carbons (Fsp3) is 0.0667. The van der Waals surface area contributed by atoms with E-state index in [2.05, 4.69) is 162 Å². The van der Waals surface area contributed by atoms with Crippen LogP contribution in [0.3, 0.4) is 0 Å². The molecule has 6 heterocycles. The summed E-state index contributed by atoms with van der Waals surface area (Å²) in [5, 5.41) is 0. The fourth-order valence-electron chi connectivity index (χ4n) is 6.27. The molecule has 0 aliphatic rings. The van der Waals surface area contributed by atoms with E-state index >= 15 is 0 Å². The Morgan fingerprint density at radius 3 is 0.430 bits per heavy atom. The molecule has 534 valence electrons. The van der Waals surface area contributed by atoms with Gasteiger partial charge in [-0.3, -0.25) is 0 Å². The average molecular weight is 1540 g/mol. The third kappa shape index (κ3) is 65.3. The summed E-state index contributed by atoms with van der Waals surface area (Å²) in [5.41, 5.74) is 10.9. The molecule has 0 N–H and O–H groups in total. The Kier molecular flexibility index (Phi) is 21.2. The molecule has 0 radical (unpaired) electrons. The van der Waals surface area contributed by atoms with E-state index in [1.54, 1.807) is 18.6 Å². The van der Waals surface area contributed by atoms with Crippen molar-refractivity contribution < 1.29 is 178 Å². The van der Waals surface area contributed by atoms with Crippen LogP contribution >= 0.6 is 46.9 Å². The molecule has 0 fully saturated rings. The fourth-order valence-corrected chi connectivity index (χ4v) is 6.27. The Bertz CT molecular complexity index is 3180. The Labute approximate surface area is 497 Å². The quantitative estimate of drug-likeness (QED) is 0.0661. The van der Waals surface area contributed by atoms with E-state index in [0.717, 1.165) is 19.6 Å². The van der Waals surface area contributed by atoms with Crippen molar-refractivity contribution in [3.05, 3.63) is 202 Å². The summed E-state index contributed by atoms with van der Waals surface area (Å²) >= 11 is 0. The van der Waals surface area contributed by atoms with Gasteiger partial charge >= 0.3 is 198 Å². The van der Waals surface area contributed by atoms with E-state index < -0.39 is 46.9 Å². The molecular weight excluding hydrogens is 1490 g/mol. The van der Waals surface area contributed by atoms with Gasteiger partial charge in [0.2, 0.25) is 0 Å². The summed E-state index contributed by atoms with van der Waals surface area (Å²) in [6, 6.07) is 32.8. The average Bonchev–Trinajstić information content (AvgIpc) is 0.816. The predicted molar refractivity (Wildman–Crippen MR) is 281 cm³/mol. The minimum absolute atomic E-state index is 0.775. The zero-order valence-electron chi connectivity index (χ0n) is 45.0. The first-order chi connectivity index (χ1) is 39.7. The van der Waals surface area contributed by atoms with Gasteiger partial charge < -0.3 is 0 Å². The molecule has 7 rings (SSSR count). The second-order valence-corrected chi connectivity index (χ2v) is 29.8. The van der Waals surface area contributed by atoms with E-state index in [9.17, 15) is 151 Å². The van der Waals surface area contributed by atoms with Crippen LogP contribution in [0.1, 0.15) is 16.7 Å². The monoisotopic (exact) mass is 1540 g/mol. The Balaban J connectivity index is 0.000000826. The van der Waals surface area contributed by atoms with Gasteiger partial charge in [-0.05, 0) is 71.3 Å². The Morgan fingerprint density at radius 2 is 0.323 bits per heavy atom. The third-order valence-electron chi connectivity index (χ3n) is 9.07. The zero-order valence-corrected chi connectivity index (χ0v) is 50.4. The molecule has 0 aliphatic carbocycles. The van der Waals surface area contributed by atoms with Crippen molar-refractivity contribution in [3.8, 4) is 33.4 Å². The van der Waals surface area contributed by atoms with Gasteiger partial charge in [0.25, 0.3) is 0 Å². The van der Waals surface area contributed by atoms with Gasteiger partial charge in [0.05, 0.1) is 0 Å². The van der Waals surface area contributed by atoms with Gasteiger partial charge in [0.15, 0.2) is 113 Å². The molecule has 0 aliphatic heterocycles. The van der Waals surface area contributed by atoms with Crippen LogP contribution in [0.5, 0.6) is 0 Å². The summed E-state index contributed by atoms with van der Waals surface area (Å²) in [4.78, 5) is 0. The molecular formula is C45H42F36N6P6. The topological polar surface area (TPSA) is 23.3 Å². The van der Waals surface area contributed by atoms with Crippen molar-refractivity contribution in [2.24, 2.45) is 0 Å². The van der Waals surface area contributed by atoms with Gasteiger partial charge in [-0.15, -0.1) is 0 Å². The van der Waals surface area contributed by atoms with Crippen LogP contribution in [-0.2, 0) is 19.6 Å². The van der Waals surface area contributed by atoms with Crippen molar-refractivity contribution in [2.75, 3.05) is 0 Å². The molecule has 7 aromatic rings. The second-order valence-electron chi connectivity index (χ2n) is 18.3. The number of nitrogens with zero attached hydrogens (tertiary/aromatic N) is 6. The SMILES string of the molecule is C=C[n+]1ccc(-c2cc[n+](Cc3cc(C[n+]4ccc(-c5cc[n+](C=C)cc5)cc4)cc(C[n+]4ccc(-c5cc[n+](C=C)cc5)cc4)c3)cc2)cc1.F[P-](F)(F)(F)(F)F.F[P-](F)(F)(F)(F)F.F[P-](F)(F)(F)(F)F.F[P-](F)(F)(F)(F)F.F[P-](F)(F)(F)(F)F.F[P-](F)(F)(F)(F)F.